The summed E-state index contributed by atoms with van der Waals surface area (Å²) in [5, 5.41) is 8.39. The standard InChI is InChI=1S/C21H36O8/c1-2-3-4-5-6-7-8-9-10-11-19(23)28-16-14-27-15-17-29-20(24)13-12-18(22)21(25)26/h2-17H2,1H3,(H,25,26). The van der Waals surface area contributed by atoms with E-state index in [1.165, 1.54) is 38.5 Å². The van der Waals surface area contributed by atoms with Crippen LogP contribution in [0, 0.1) is 0 Å². The lowest BCUT2D eigenvalue weighted by atomic mass is 10.1. The zero-order chi connectivity index (χ0) is 21.7. The van der Waals surface area contributed by atoms with Crippen LogP contribution in [0.2, 0.25) is 0 Å². The molecule has 0 saturated carbocycles. The van der Waals surface area contributed by atoms with Crippen LogP contribution in [-0.2, 0) is 33.4 Å². The highest BCUT2D eigenvalue weighted by Gasteiger charge is 2.14. The van der Waals surface area contributed by atoms with Crippen LogP contribution < -0.4 is 0 Å². The van der Waals surface area contributed by atoms with Crippen molar-refractivity contribution in [1.29, 1.82) is 0 Å². The summed E-state index contributed by atoms with van der Waals surface area (Å²) < 4.78 is 15.0. The Balaban J connectivity index is 3.36. The van der Waals surface area contributed by atoms with Crippen LogP contribution in [0.1, 0.15) is 84.0 Å². The number of aliphatic carboxylic acids is 1. The summed E-state index contributed by atoms with van der Waals surface area (Å²) in [7, 11) is 0. The van der Waals surface area contributed by atoms with Gasteiger partial charge in [-0.1, -0.05) is 58.3 Å². The van der Waals surface area contributed by atoms with Crippen LogP contribution >= 0.6 is 0 Å². The van der Waals surface area contributed by atoms with E-state index >= 15 is 0 Å². The summed E-state index contributed by atoms with van der Waals surface area (Å²) in [6.07, 6.45) is 10.5. The van der Waals surface area contributed by atoms with E-state index in [9.17, 15) is 19.2 Å². The van der Waals surface area contributed by atoms with E-state index in [0.717, 1.165) is 19.3 Å². The van der Waals surface area contributed by atoms with Gasteiger partial charge in [0.25, 0.3) is 0 Å². The second-order valence-electron chi connectivity index (χ2n) is 6.86. The number of Topliss-reactive ketones (excluding diaryl/α,β-unsaturated/α-hetero) is 1. The topological polar surface area (TPSA) is 116 Å². The Morgan fingerprint density at radius 3 is 1.62 bits per heavy atom. The van der Waals surface area contributed by atoms with Gasteiger partial charge >= 0.3 is 17.9 Å². The van der Waals surface area contributed by atoms with Gasteiger partial charge in [0.05, 0.1) is 19.6 Å². The largest absolute Gasteiger partial charge is 0.476 e. The molecule has 0 rings (SSSR count). The van der Waals surface area contributed by atoms with Crippen molar-refractivity contribution in [1.82, 2.24) is 0 Å². The lowest BCUT2D eigenvalue weighted by molar-refractivity contribution is -0.151. The molecule has 0 fully saturated rings. The van der Waals surface area contributed by atoms with Gasteiger partial charge in [0.2, 0.25) is 5.78 Å². The van der Waals surface area contributed by atoms with Crippen molar-refractivity contribution < 1.29 is 38.5 Å². The Morgan fingerprint density at radius 1 is 0.621 bits per heavy atom. The van der Waals surface area contributed by atoms with E-state index in [2.05, 4.69) is 6.92 Å². The normalized spacial score (nSPS) is 10.5. The molecule has 0 aromatic carbocycles. The Morgan fingerprint density at radius 2 is 1.10 bits per heavy atom. The fourth-order valence-electron chi connectivity index (χ4n) is 2.58. The molecule has 0 aliphatic carbocycles. The molecule has 29 heavy (non-hydrogen) atoms. The van der Waals surface area contributed by atoms with Gasteiger partial charge in [-0.2, -0.15) is 0 Å². The highest BCUT2D eigenvalue weighted by atomic mass is 16.6. The second-order valence-corrected chi connectivity index (χ2v) is 6.86. The van der Waals surface area contributed by atoms with Crippen LogP contribution in [0.4, 0.5) is 0 Å². The molecule has 0 radical (unpaired) electrons. The number of unbranched alkanes of at least 4 members (excludes halogenated alkanes) is 8. The third kappa shape index (κ3) is 19.1. The van der Waals surface area contributed by atoms with Crippen LogP contribution in [0.25, 0.3) is 0 Å². The van der Waals surface area contributed by atoms with Crippen LogP contribution in [-0.4, -0.2) is 55.2 Å². The zero-order valence-electron chi connectivity index (χ0n) is 17.6. The fourth-order valence-corrected chi connectivity index (χ4v) is 2.58. The fraction of sp³-hybridized carbons (Fsp3) is 0.810. The zero-order valence-corrected chi connectivity index (χ0v) is 17.6. The highest BCUT2D eigenvalue weighted by Crippen LogP contribution is 2.10. The van der Waals surface area contributed by atoms with Crippen molar-refractivity contribution in [3.8, 4) is 0 Å². The first-order valence-electron chi connectivity index (χ1n) is 10.6. The molecule has 0 atom stereocenters. The lowest BCUT2D eigenvalue weighted by Gasteiger charge is -2.07. The van der Waals surface area contributed by atoms with Gasteiger partial charge in [-0.25, -0.2) is 4.79 Å². The predicted octanol–water partition coefficient (Wildman–Crippen LogP) is 3.44. The maximum Gasteiger partial charge on any atom is 0.372 e. The minimum atomic E-state index is -1.56. The Labute approximate surface area is 173 Å². The van der Waals surface area contributed by atoms with Crippen molar-refractivity contribution in [3.63, 3.8) is 0 Å². The molecular weight excluding hydrogens is 380 g/mol. The summed E-state index contributed by atoms with van der Waals surface area (Å²) in [6, 6.07) is 0. The second kappa shape index (κ2) is 19.4. The molecule has 8 heteroatoms. The first kappa shape index (κ1) is 27.0. The third-order valence-electron chi connectivity index (χ3n) is 4.26. The van der Waals surface area contributed by atoms with Crippen LogP contribution in [0.3, 0.4) is 0 Å². The first-order chi connectivity index (χ1) is 14.0. The van der Waals surface area contributed by atoms with Crippen molar-refractivity contribution in [2.75, 3.05) is 26.4 Å². The summed E-state index contributed by atoms with van der Waals surface area (Å²) in [6.45, 7) is 2.69. The molecule has 168 valence electrons. The number of ether oxygens (including phenoxy) is 3. The number of carboxylic acid groups (broad SMARTS) is 1. The summed E-state index contributed by atoms with van der Waals surface area (Å²) in [4.78, 5) is 44.0. The van der Waals surface area contributed by atoms with Gasteiger partial charge in [-0.3, -0.25) is 14.4 Å². The molecule has 0 spiro atoms. The number of carbonyl (C=O) groups is 4. The molecule has 0 aromatic rings. The Kier molecular flexibility index (Phi) is 18.1. The molecule has 0 heterocycles. The van der Waals surface area contributed by atoms with E-state index in [0.29, 0.717) is 6.42 Å². The van der Waals surface area contributed by atoms with Crippen molar-refractivity contribution in [3.05, 3.63) is 0 Å². The van der Waals surface area contributed by atoms with Gasteiger partial charge in [0, 0.05) is 12.8 Å². The number of rotatable bonds is 20. The molecule has 0 aliphatic heterocycles. The van der Waals surface area contributed by atoms with Gasteiger partial charge < -0.3 is 19.3 Å². The van der Waals surface area contributed by atoms with E-state index in [4.69, 9.17) is 19.3 Å². The molecule has 1 N–H and O–H groups in total. The van der Waals surface area contributed by atoms with Crippen molar-refractivity contribution in [2.24, 2.45) is 0 Å². The van der Waals surface area contributed by atoms with E-state index in [-0.39, 0.29) is 45.2 Å². The molecule has 0 amide bonds. The van der Waals surface area contributed by atoms with E-state index in [1.807, 2.05) is 0 Å². The third-order valence-corrected chi connectivity index (χ3v) is 4.26. The molecule has 0 bridgehead atoms. The average molecular weight is 417 g/mol. The average Bonchev–Trinajstić information content (AvgIpc) is 2.69. The van der Waals surface area contributed by atoms with E-state index in [1.54, 1.807) is 0 Å². The molecule has 0 saturated heterocycles. The first-order valence-corrected chi connectivity index (χ1v) is 10.6. The quantitative estimate of drug-likeness (QED) is 0.182. The highest BCUT2D eigenvalue weighted by molar-refractivity contribution is 6.32. The monoisotopic (exact) mass is 416 g/mol. The van der Waals surface area contributed by atoms with Gasteiger partial charge in [-0.15, -0.1) is 0 Å². The Bertz CT molecular complexity index is 475. The molecule has 0 aromatic heterocycles. The SMILES string of the molecule is CCCCCCCCCCCC(=O)OCCOCCOC(=O)CCC(=O)C(=O)O. The van der Waals surface area contributed by atoms with Crippen molar-refractivity contribution in [2.45, 2.75) is 84.0 Å². The summed E-state index contributed by atoms with van der Waals surface area (Å²) in [5.41, 5.74) is 0. The molecule has 8 nitrogen and oxygen atoms in total. The number of esters is 2. The van der Waals surface area contributed by atoms with Gasteiger partial charge in [0.1, 0.15) is 13.2 Å². The molecule has 0 aliphatic rings. The van der Waals surface area contributed by atoms with Gasteiger partial charge in [0.15, 0.2) is 0 Å². The Hall–Kier alpha value is -1.96. The molecule has 0 unspecified atom stereocenters. The number of ketones is 1. The summed E-state index contributed by atoms with van der Waals surface area (Å²) in [5.74, 6) is -3.47. The van der Waals surface area contributed by atoms with Gasteiger partial charge in [-0.05, 0) is 6.42 Å². The van der Waals surface area contributed by atoms with Crippen LogP contribution in [0.15, 0.2) is 0 Å². The lowest BCUT2D eigenvalue weighted by Crippen LogP contribution is -2.17. The number of hydrogen-bond acceptors (Lipinski definition) is 7. The number of carbonyl (C=O) groups excluding carboxylic acids is 3. The molecular formula is C21H36O8. The van der Waals surface area contributed by atoms with Crippen molar-refractivity contribution >= 4 is 23.7 Å². The smallest absolute Gasteiger partial charge is 0.372 e. The minimum absolute atomic E-state index is 0.00745. The predicted molar refractivity (Wildman–Crippen MR) is 106 cm³/mol. The number of hydrogen-bond donors (Lipinski definition) is 1. The number of carboxylic acids is 1. The van der Waals surface area contributed by atoms with E-state index < -0.39 is 17.7 Å². The maximum absolute atomic E-state index is 11.6. The minimum Gasteiger partial charge on any atom is -0.476 e. The van der Waals surface area contributed by atoms with Crippen LogP contribution in [0.5, 0.6) is 0 Å². The maximum atomic E-state index is 11.6. The summed E-state index contributed by atoms with van der Waals surface area (Å²) >= 11 is 0.